The molecule has 0 saturated carbocycles. The molecule has 2 aromatic rings. The summed E-state index contributed by atoms with van der Waals surface area (Å²) in [4.78, 5) is 7.84. The molecule has 0 spiro atoms. The van der Waals surface area contributed by atoms with Gasteiger partial charge in [-0.05, 0) is 30.2 Å². The van der Waals surface area contributed by atoms with E-state index >= 15 is 0 Å². The van der Waals surface area contributed by atoms with Crippen LogP contribution in [0.15, 0.2) is 29.0 Å². The average molecular weight is 243 g/mol. The van der Waals surface area contributed by atoms with Gasteiger partial charge in [0.25, 0.3) is 0 Å². The van der Waals surface area contributed by atoms with Crippen molar-refractivity contribution in [1.29, 1.82) is 0 Å². The Morgan fingerprint density at radius 1 is 1.27 bits per heavy atom. The number of aryl methyl sites for hydroxylation is 2. The van der Waals surface area contributed by atoms with Crippen molar-refractivity contribution < 1.29 is 4.42 Å². The minimum atomic E-state index is 0.217. The first-order valence-corrected chi connectivity index (χ1v) is 5.20. The highest BCUT2D eigenvalue weighted by Crippen LogP contribution is 2.16. The van der Waals surface area contributed by atoms with Crippen LogP contribution in [0.1, 0.15) is 11.5 Å². The first kappa shape index (κ1) is 10.5. The Balaban J connectivity index is 2.07. The molecular weight excluding hydrogens is 235 g/mol. The van der Waals surface area contributed by atoms with Gasteiger partial charge >= 0.3 is 0 Å². The zero-order valence-corrected chi connectivity index (χ0v) is 9.29. The van der Waals surface area contributed by atoms with E-state index in [2.05, 4.69) is 9.97 Å². The highest BCUT2D eigenvalue weighted by molar-refractivity contribution is 6.31. The fourth-order valence-electron chi connectivity index (χ4n) is 1.25. The first-order valence-electron chi connectivity index (χ1n) is 4.45. The van der Waals surface area contributed by atoms with E-state index in [4.69, 9.17) is 27.6 Å². The lowest BCUT2D eigenvalue weighted by Gasteiger charge is -2.01. The molecule has 78 valence electrons. The summed E-state index contributed by atoms with van der Waals surface area (Å²) in [6.45, 7) is 0. The molecule has 5 heteroatoms. The minimum Gasteiger partial charge on any atom is -0.469 e. The smallest absolute Gasteiger partial charge is 0.222 e. The first-order chi connectivity index (χ1) is 7.25. The molecule has 0 atom stereocenters. The summed E-state index contributed by atoms with van der Waals surface area (Å²) < 4.78 is 5.21. The maximum absolute atomic E-state index is 5.92. The Kier molecular flexibility index (Phi) is 3.23. The van der Waals surface area contributed by atoms with E-state index in [0.717, 1.165) is 17.9 Å². The van der Waals surface area contributed by atoms with Gasteiger partial charge in [0.2, 0.25) is 5.28 Å². The average Bonchev–Trinajstić information content (AvgIpc) is 2.72. The fourth-order valence-corrected chi connectivity index (χ4v) is 1.59. The number of rotatable bonds is 3. The molecule has 0 aliphatic rings. The van der Waals surface area contributed by atoms with E-state index in [0.29, 0.717) is 11.4 Å². The van der Waals surface area contributed by atoms with Crippen LogP contribution in [0.4, 0.5) is 0 Å². The third-order valence-electron chi connectivity index (χ3n) is 1.98. The molecule has 15 heavy (non-hydrogen) atoms. The summed E-state index contributed by atoms with van der Waals surface area (Å²) in [5.41, 5.74) is 0.744. The molecule has 0 aliphatic heterocycles. The summed E-state index contributed by atoms with van der Waals surface area (Å²) in [7, 11) is 0. The van der Waals surface area contributed by atoms with Crippen molar-refractivity contribution in [3.8, 4) is 0 Å². The van der Waals surface area contributed by atoms with Gasteiger partial charge < -0.3 is 4.42 Å². The minimum absolute atomic E-state index is 0.217. The lowest BCUT2D eigenvalue weighted by Crippen LogP contribution is -1.96. The quantitative estimate of drug-likeness (QED) is 0.777. The van der Waals surface area contributed by atoms with Gasteiger partial charge in [-0.2, -0.15) is 0 Å². The number of aromatic nitrogens is 2. The molecule has 3 nitrogen and oxygen atoms in total. The predicted molar refractivity (Wildman–Crippen MR) is 58.2 cm³/mol. The molecule has 0 aliphatic carbocycles. The van der Waals surface area contributed by atoms with Crippen molar-refractivity contribution in [3.05, 3.63) is 46.4 Å². The maximum Gasteiger partial charge on any atom is 0.222 e. The van der Waals surface area contributed by atoms with E-state index < -0.39 is 0 Å². The monoisotopic (exact) mass is 242 g/mol. The molecular formula is C10H8Cl2N2O. The highest BCUT2D eigenvalue weighted by atomic mass is 35.5. The molecule has 2 aromatic heterocycles. The van der Waals surface area contributed by atoms with Crippen molar-refractivity contribution >= 4 is 23.2 Å². The van der Waals surface area contributed by atoms with Crippen LogP contribution in [0.2, 0.25) is 10.3 Å². The Hall–Kier alpha value is -1.06. The standard InChI is InChI=1S/C10H8Cl2N2O/c11-8-6-13-10(12)14-9(8)4-3-7-2-1-5-15-7/h1-2,5-6H,3-4H2. The summed E-state index contributed by atoms with van der Waals surface area (Å²) >= 11 is 11.6. The van der Waals surface area contributed by atoms with Crippen LogP contribution in [-0.4, -0.2) is 9.97 Å². The molecule has 0 saturated heterocycles. The van der Waals surface area contributed by atoms with Crippen LogP contribution >= 0.6 is 23.2 Å². The molecule has 2 rings (SSSR count). The van der Waals surface area contributed by atoms with Gasteiger partial charge in [-0.1, -0.05) is 11.6 Å². The van der Waals surface area contributed by atoms with Crippen molar-refractivity contribution in [2.45, 2.75) is 12.8 Å². The third-order valence-corrected chi connectivity index (χ3v) is 2.47. The van der Waals surface area contributed by atoms with Crippen LogP contribution < -0.4 is 0 Å². The summed E-state index contributed by atoms with van der Waals surface area (Å²) in [6.07, 6.45) is 4.59. The molecule has 0 radical (unpaired) electrons. The van der Waals surface area contributed by atoms with E-state index in [-0.39, 0.29) is 5.28 Å². The van der Waals surface area contributed by atoms with Crippen molar-refractivity contribution in [3.63, 3.8) is 0 Å². The number of halogens is 2. The lowest BCUT2D eigenvalue weighted by atomic mass is 10.2. The van der Waals surface area contributed by atoms with Crippen molar-refractivity contribution in [2.24, 2.45) is 0 Å². The molecule has 0 amide bonds. The van der Waals surface area contributed by atoms with E-state index in [1.165, 1.54) is 6.20 Å². The largest absolute Gasteiger partial charge is 0.469 e. The molecule has 0 aromatic carbocycles. The zero-order chi connectivity index (χ0) is 10.7. The van der Waals surface area contributed by atoms with Crippen LogP contribution in [-0.2, 0) is 12.8 Å². The number of furan rings is 1. The van der Waals surface area contributed by atoms with Crippen LogP contribution in [0, 0.1) is 0 Å². The van der Waals surface area contributed by atoms with Gasteiger partial charge in [-0.25, -0.2) is 9.97 Å². The van der Waals surface area contributed by atoms with E-state index in [1.807, 2.05) is 12.1 Å². The van der Waals surface area contributed by atoms with E-state index in [9.17, 15) is 0 Å². The van der Waals surface area contributed by atoms with Gasteiger partial charge in [0.1, 0.15) is 5.76 Å². The summed E-state index contributed by atoms with van der Waals surface area (Å²) in [6, 6.07) is 3.76. The zero-order valence-electron chi connectivity index (χ0n) is 7.78. The second kappa shape index (κ2) is 4.64. The third kappa shape index (κ3) is 2.70. The summed E-state index contributed by atoms with van der Waals surface area (Å²) in [5.74, 6) is 0.904. The molecule has 0 fully saturated rings. The van der Waals surface area contributed by atoms with Crippen LogP contribution in [0.25, 0.3) is 0 Å². The Morgan fingerprint density at radius 3 is 2.87 bits per heavy atom. The molecule has 0 unspecified atom stereocenters. The topological polar surface area (TPSA) is 38.9 Å². The van der Waals surface area contributed by atoms with Gasteiger partial charge in [-0.15, -0.1) is 0 Å². The summed E-state index contributed by atoms with van der Waals surface area (Å²) in [5, 5.41) is 0.750. The number of nitrogens with zero attached hydrogens (tertiary/aromatic N) is 2. The highest BCUT2D eigenvalue weighted by Gasteiger charge is 2.05. The van der Waals surface area contributed by atoms with Crippen LogP contribution in [0.3, 0.4) is 0 Å². The van der Waals surface area contributed by atoms with Gasteiger partial charge in [0.15, 0.2) is 0 Å². The fraction of sp³-hybridized carbons (Fsp3) is 0.200. The second-order valence-corrected chi connectivity index (χ2v) is 3.76. The predicted octanol–water partition coefficient (Wildman–Crippen LogP) is 3.16. The molecule has 2 heterocycles. The van der Waals surface area contributed by atoms with E-state index in [1.54, 1.807) is 6.26 Å². The van der Waals surface area contributed by atoms with Crippen molar-refractivity contribution in [1.82, 2.24) is 9.97 Å². The molecule has 0 N–H and O–H groups in total. The Morgan fingerprint density at radius 2 is 2.13 bits per heavy atom. The number of hydrogen-bond donors (Lipinski definition) is 0. The van der Waals surface area contributed by atoms with Gasteiger partial charge in [-0.3, -0.25) is 0 Å². The SMILES string of the molecule is Clc1ncc(Cl)c(CCc2ccco2)n1. The second-order valence-electron chi connectivity index (χ2n) is 3.01. The molecule has 0 bridgehead atoms. The van der Waals surface area contributed by atoms with Gasteiger partial charge in [0, 0.05) is 6.42 Å². The number of hydrogen-bond acceptors (Lipinski definition) is 3. The Labute approximate surface area is 97.1 Å². The van der Waals surface area contributed by atoms with Crippen LogP contribution in [0.5, 0.6) is 0 Å². The maximum atomic E-state index is 5.92. The van der Waals surface area contributed by atoms with Gasteiger partial charge in [0.05, 0.1) is 23.2 Å². The lowest BCUT2D eigenvalue weighted by molar-refractivity contribution is 0.507. The van der Waals surface area contributed by atoms with Crippen molar-refractivity contribution in [2.75, 3.05) is 0 Å². The Bertz CT molecular complexity index is 443. The normalized spacial score (nSPS) is 10.5.